The molecule has 2 heterocycles. The van der Waals surface area contributed by atoms with E-state index < -0.39 is 0 Å². The van der Waals surface area contributed by atoms with Gasteiger partial charge in [-0.05, 0) is 25.5 Å². The second kappa shape index (κ2) is 8.34. The SMILES string of the molecule is C=C(NCCN1C=CN(C)C=C1)/C(N)=C1/C=CC=CN1[C@H](C)CC. The standard InChI is InChI=1S/C19H29N5/c1-5-16(2)24-10-7-6-8-18(24)19(20)17(3)21-9-11-23-14-12-22(4)13-15-23/h6-8,10,12-16,21H,3,5,9,11,20H2,1-2,4H3/b19-18+/t16-/m1/s1. The number of nitrogens with one attached hydrogen (secondary N) is 1. The Morgan fingerprint density at radius 2 is 1.92 bits per heavy atom. The fourth-order valence-electron chi connectivity index (χ4n) is 2.48. The summed E-state index contributed by atoms with van der Waals surface area (Å²) >= 11 is 0. The molecule has 0 aromatic rings. The van der Waals surface area contributed by atoms with Crippen LogP contribution < -0.4 is 11.1 Å². The van der Waals surface area contributed by atoms with E-state index in [1.807, 2.05) is 55.0 Å². The first-order valence-electron chi connectivity index (χ1n) is 8.43. The average molecular weight is 327 g/mol. The van der Waals surface area contributed by atoms with E-state index in [0.29, 0.717) is 11.7 Å². The van der Waals surface area contributed by atoms with Gasteiger partial charge in [0.15, 0.2) is 0 Å². The summed E-state index contributed by atoms with van der Waals surface area (Å²) in [4.78, 5) is 6.34. The van der Waals surface area contributed by atoms with Crippen LogP contribution in [0.2, 0.25) is 0 Å². The lowest BCUT2D eigenvalue weighted by Gasteiger charge is -2.31. The molecule has 0 saturated carbocycles. The van der Waals surface area contributed by atoms with Crippen LogP contribution >= 0.6 is 0 Å². The molecule has 2 rings (SSSR count). The minimum Gasteiger partial charge on any atom is -0.395 e. The summed E-state index contributed by atoms with van der Waals surface area (Å²) in [5.41, 5.74) is 8.82. The first kappa shape index (κ1) is 17.8. The normalized spacial score (nSPS) is 19.7. The Kier molecular flexibility index (Phi) is 6.18. The number of rotatable bonds is 7. The van der Waals surface area contributed by atoms with E-state index in [1.54, 1.807) is 0 Å². The van der Waals surface area contributed by atoms with Crippen molar-refractivity contribution in [2.24, 2.45) is 5.73 Å². The first-order chi connectivity index (χ1) is 11.5. The van der Waals surface area contributed by atoms with Crippen LogP contribution in [0.3, 0.4) is 0 Å². The molecule has 0 bridgehead atoms. The summed E-state index contributed by atoms with van der Waals surface area (Å²) in [5, 5.41) is 3.33. The molecule has 5 nitrogen and oxygen atoms in total. The van der Waals surface area contributed by atoms with E-state index >= 15 is 0 Å². The van der Waals surface area contributed by atoms with Gasteiger partial charge in [-0.1, -0.05) is 19.6 Å². The van der Waals surface area contributed by atoms with Crippen molar-refractivity contribution in [1.29, 1.82) is 0 Å². The van der Waals surface area contributed by atoms with Gasteiger partial charge in [-0.25, -0.2) is 0 Å². The van der Waals surface area contributed by atoms with Crippen LogP contribution in [0.25, 0.3) is 0 Å². The van der Waals surface area contributed by atoms with E-state index in [-0.39, 0.29) is 0 Å². The molecular weight excluding hydrogens is 298 g/mol. The van der Waals surface area contributed by atoms with E-state index in [9.17, 15) is 0 Å². The van der Waals surface area contributed by atoms with E-state index in [2.05, 4.69) is 41.7 Å². The summed E-state index contributed by atoms with van der Waals surface area (Å²) in [7, 11) is 2.01. The quantitative estimate of drug-likeness (QED) is 0.753. The van der Waals surface area contributed by atoms with Crippen molar-refractivity contribution in [3.8, 4) is 0 Å². The first-order valence-corrected chi connectivity index (χ1v) is 8.43. The summed E-state index contributed by atoms with van der Waals surface area (Å²) < 4.78 is 0. The van der Waals surface area contributed by atoms with Crippen molar-refractivity contribution in [2.75, 3.05) is 20.1 Å². The Balaban J connectivity index is 1.93. The van der Waals surface area contributed by atoms with Gasteiger partial charge >= 0.3 is 0 Å². The molecule has 0 saturated heterocycles. The summed E-state index contributed by atoms with van der Waals surface area (Å²) in [6, 6.07) is 0.396. The highest BCUT2D eigenvalue weighted by molar-refractivity contribution is 5.39. The minimum atomic E-state index is 0.396. The van der Waals surface area contributed by atoms with Gasteiger partial charge in [0, 0.05) is 57.2 Å². The van der Waals surface area contributed by atoms with Crippen molar-refractivity contribution in [3.05, 3.63) is 72.9 Å². The predicted octanol–water partition coefficient (Wildman–Crippen LogP) is 2.63. The largest absolute Gasteiger partial charge is 0.395 e. The molecule has 2 aliphatic rings. The van der Waals surface area contributed by atoms with Crippen molar-refractivity contribution >= 4 is 0 Å². The third kappa shape index (κ3) is 4.47. The highest BCUT2D eigenvalue weighted by Crippen LogP contribution is 2.21. The monoisotopic (exact) mass is 327 g/mol. The maximum absolute atomic E-state index is 6.35. The number of hydrogen-bond donors (Lipinski definition) is 2. The number of nitrogens with zero attached hydrogens (tertiary/aromatic N) is 3. The molecule has 0 aromatic carbocycles. The highest BCUT2D eigenvalue weighted by Gasteiger charge is 2.17. The van der Waals surface area contributed by atoms with Gasteiger partial charge in [0.1, 0.15) is 0 Å². The third-order valence-electron chi connectivity index (χ3n) is 4.25. The second-order valence-electron chi connectivity index (χ2n) is 6.07. The lowest BCUT2D eigenvalue weighted by atomic mass is 10.1. The fourth-order valence-corrected chi connectivity index (χ4v) is 2.48. The number of allylic oxidation sites excluding steroid dienone is 3. The van der Waals surface area contributed by atoms with Gasteiger partial charge in [-0.3, -0.25) is 0 Å². The minimum absolute atomic E-state index is 0.396. The molecule has 0 spiro atoms. The van der Waals surface area contributed by atoms with E-state index in [1.165, 1.54) is 0 Å². The van der Waals surface area contributed by atoms with Crippen molar-refractivity contribution in [2.45, 2.75) is 26.3 Å². The molecule has 0 aliphatic carbocycles. The van der Waals surface area contributed by atoms with Crippen LogP contribution in [0.1, 0.15) is 20.3 Å². The molecule has 0 aromatic heterocycles. The molecule has 130 valence electrons. The maximum Gasteiger partial charge on any atom is 0.0784 e. The average Bonchev–Trinajstić information content (AvgIpc) is 2.62. The Labute approximate surface area is 145 Å². The predicted molar refractivity (Wildman–Crippen MR) is 101 cm³/mol. The molecule has 3 N–H and O–H groups in total. The van der Waals surface area contributed by atoms with Crippen LogP contribution in [0.15, 0.2) is 72.9 Å². The van der Waals surface area contributed by atoms with Gasteiger partial charge in [0.05, 0.1) is 17.1 Å². The van der Waals surface area contributed by atoms with Crippen LogP contribution in [0.5, 0.6) is 0 Å². The third-order valence-corrected chi connectivity index (χ3v) is 4.25. The Morgan fingerprint density at radius 1 is 1.21 bits per heavy atom. The highest BCUT2D eigenvalue weighted by atomic mass is 15.2. The lowest BCUT2D eigenvalue weighted by molar-refractivity contribution is 0.355. The zero-order chi connectivity index (χ0) is 17.5. The second-order valence-corrected chi connectivity index (χ2v) is 6.07. The molecular formula is C19H29N5. The van der Waals surface area contributed by atoms with E-state index in [0.717, 1.165) is 30.9 Å². The molecule has 0 unspecified atom stereocenters. The molecule has 24 heavy (non-hydrogen) atoms. The van der Waals surface area contributed by atoms with Crippen LogP contribution in [0.4, 0.5) is 0 Å². The maximum atomic E-state index is 6.35. The van der Waals surface area contributed by atoms with Gasteiger partial charge in [-0.15, -0.1) is 0 Å². The van der Waals surface area contributed by atoms with E-state index in [4.69, 9.17) is 5.73 Å². The smallest absolute Gasteiger partial charge is 0.0784 e. The van der Waals surface area contributed by atoms with Crippen molar-refractivity contribution in [3.63, 3.8) is 0 Å². The summed E-state index contributed by atoms with van der Waals surface area (Å²) in [6.07, 6.45) is 17.3. The number of hydrogen-bond acceptors (Lipinski definition) is 5. The summed E-state index contributed by atoms with van der Waals surface area (Å²) in [6.45, 7) is 10.1. The number of nitrogens with two attached hydrogens (primary N) is 1. The molecule has 5 heteroatoms. The zero-order valence-electron chi connectivity index (χ0n) is 14.9. The van der Waals surface area contributed by atoms with Crippen molar-refractivity contribution < 1.29 is 0 Å². The lowest BCUT2D eigenvalue weighted by Crippen LogP contribution is -2.32. The Morgan fingerprint density at radius 3 is 2.58 bits per heavy atom. The van der Waals surface area contributed by atoms with Gasteiger partial charge in [0.25, 0.3) is 0 Å². The molecule has 0 amide bonds. The summed E-state index contributed by atoms with van der Waals surface area (Å²) in [5.74, 6) is 0. The Bertz CT molecular complexity index is 583. The van der Waals surface area contributed by atoms with Crippen molar-refractivity contribution in [1.82, 2.24) is 20.0 Å². The van der Waals surface area contributed by atoms with Gasteiger partial charge in [-0.2, -0.15) is 0 Å². The topological polar surface area (TPSA) is 47.8 Å². The molecule has 0 fully saturated rings. The van der Waals surface area contributed by atoms with Gasteiger partial charge in [0.2, 0.25) is 0 Å². The molecule has 1 atom stereocenters. The van der Waals surface area contributed by atoms with Crippen LogP contribution in [0, 0.1) is 0 Å². The molecule has 0 radical (unpaired) electrons. The van der Waals surface area contributed by atoms with Crippen LogP contribution in [-0.4, -0.2) is 40.9 Å². The van der Waals surface area contributed by atoms with Gasteiger partial charge < -0.3 is 25.8 Å². The molecule has 2 aliphatic heterocycles. The Hall–Kier alpha value is -2.56. The van der Waals surface area contributed by atoms with Crippen LogP contribution in [-0.2, 0) is 0 Å². The zero-order valence-corrected chi connectivity index (χ0v) is 14.9. The fraction of sp³-hybridized carbons (Fsp3) is 0.368.